The molecule has 0 spiro atoms. The average molecular weight is 306 g/mol. The van der Waals surface area contributed by atoms with Crippen molar-refractivity contribution in [3.8, 4) is 11.5 Å². The highest BCUT2D eigenvalue weighted by Crippen LogP contribution is 2.21. The van der Waals surface area contributed by atoms with E-state index in [1.807, 2.05) is 31.2 Å². The van der Waals surface area contributed by atoms with E-state index in [1.54, 1.807) is 0 Å². The zero-order valence-electron chi connectivity index (χ0n) is 11.6. The summed E-state index contributed by atoms with van der Waals surface area (Å²) in [4.78, 5) is 11.9. The summed E-state index contributed by atoms with van der Waals surface area (Å²) < 4.78 is 5.52. The fourth-order valence-electron chi connectivity index (χ4n) is 1.82. The number of benzene rings is 2. The number of halogens is 1. The zero-order valence-corrected chi connectivity index (χ0v) is 12.4. The number of aryl methyl sites for hydroxylation is 1. The first-order valence-electron chi connectivity index (χ1n) is 6.52. The molecule has 0 unspecified atom stereocenters. The fraction of sp³-hybridized carbons (Fsp3) is 0.188. The van der Waals surface area contributed by atoms with Gasteiger partial charge in [-0.25, -0.2) is 0 Å². The lowest BCUT2D eigenvalue weighted by Gasteiger charge is -2.09. The maximum absolute atomic E-state index is 11.9. The molecule has 2 rings (SSSR count). The SMILES string of the molecule is Cc1cccc(OCCNC(=O)c2cc(Cl)ccc2O)c1. The molecule has 0 atom stereocenters. The minimum atomic E-state index is -0.386. The molecule has 0 aromatic heterocycles. The molecule has 5 heteroatoms. The van der Waals surface area contributed by atoms with E-state index in [2.05, 4.69) is 5.32 Å². The van der Waals surface area contributed by atoms with Crippen molar-refractivity contribution in [1.82, 2.24) is 5.32 Å². The summed E-state index contributed by atoms with van der Waals surface area (Å²) in [7, 11) is 0. The van der Waals surface area contributed by atoms with Crippen molar-refractivity contribution in [2.24, 2.45) is 0 Å². The van der Waals surface area contributed by atoms with Crippen molar-refractivity contribution >= 4 is 17.5 Å². The van der Waals surface area contributed by atoms with Crippen LogP contribution in [0.15, 0.2) is 42.5 Å². The largest absolute Gasteiger partial charge is 0.507 e. The third-order valence-electron chi connectivity index (χ3n) is 2.85. The van der Waals surface area contributed by atoms with Crippen molar-refractivity contribution in [3.05, 3.63) is 58.6 Å². The molecule has 2 aromatic rings. The van der Waals surface area contributed by atoms with Crippen LogP contribution < -0.4 is 10.1 Å². The van der Waals surface area contributed by atoms with E-state index in [4.69, 9.17) is 16.3 Å². The summed E-state index contributed by atoms with van der Waals surface area (Å²) in [5, 5.41) is 12.7. The van der Waals surface area contributed by atoms with Crippen LogP contribution in [0.25, 0.3) is 0 Å². The molecule has 0 aliphatic carbocycles. The van der Waals surface area contributed by atoms with E-state index in [-0.39, 0.29) is 17.2 Å². The monoisotopic (exact) mass is 305 g/mol. The Balaban J connectivity index is 1.83. The first-order valence-corrected chi connectivity index (χ1v) is 6.90. The predicted molar refractivity (Wildman–Crippen MR) is 82.1 cm³/mol. The second kappa shape index (κ2) is 6.99. The van der Waals surface area contributed by atoms with E-state index in [1.165, 1.54) is 18.2 Å². The van der Waals surface area contributed by atoms with Gasteiger partial charge in [0.25, 0.3) is 5.91 Å². The zero-order chi connectivity index (χ0) is 15.2. The molecule has 0 saturated heterocycles. The third-order valence-corrected chi connectivity index (χ3v) is 3.08. The van der Waals surface area contributed by atoms with Gasteiger partial charge in [0.15, 0.2) is 0 Å². The Morgan fingerprint density at radius 3 is 2.86 bits per heavy atom. The Morgan fingerprint density at radius 2 is 2.10 bits per heavy atom. The number of phenols is 1. The van der Waals surface area contributed by atoms with Gasteiger partial charge >= 0.3 is 0 Å². The molecule has 4 nitrogen and oxygen atoms in total. The van der Waals surface area contributed by atoms with Crippen LogP contribution in [0, 0.1) is 6.92 Å². The number of phenolic OH excluding ortho intramolecular Hbond substituents is 1. The minimum Gasteiger partial charge on any atom is -0.507 e. The molecule has 0 aliphatic rings. The van der Waals surface area contributed by atoms with E-state index in [9.17, 15) is 9.90 Å². The molecule has 0 heterocycles. The van der Waals surface area contributed by atoms with Gasteiger partial charge in [-0.1, -0.05) is 23.7 Å². The Bertz CT molecular complexity index is 643. The topological polar surface area (TPSA) is 58.6 Å². The normalized spacial score (nSPS) is 10.2. The van der Waals surface area contributed by atoms with Gasteiger partial charge in [-0.15, -0.1) is 0 Å². The van der Waals surface area contributed by atoms with Crippen LogP contribution in [-0.4, -0.2) is 24.2 Å². The molecule has 0 radical (unpaired) electrons. The number of hydrogen-bond acceptors (Lipinski definition) is 3. The predicted octanol–water partition coefficient (Wildman–Crippen LogP) is 3.16. The third kappa shape index (κ3) is 4.39. The number of carbonyl (C=O) groups is 1. The minimum absolute atomic E-state index is 0.100. The fourth-order valence-corrected chi connectivity index (χ4v) is 2.00. The summed E-state index contributed by atoms with van der Waals surface area (Å²) in [6.07, 6.45) is 0. The van der Waals surface area contributed by atoms with Crippen molar-refractivity contribution in [1.29, 1.82) is 0 Å². The molecule has 1 amide bonds. The van der Waals surface area contributed by atoms with Crippen molar-refractivity contribution in [2.75, 3.05) is 13.2 Å². The van der Waals surface area contributed by atoms with Gasteiger partial charge in [0, 0.05) is 5.02 Å². The molecular formula is C16H16ClNO3. The lowest BCUT2D eigenvalue weighted by atomic mass is 10.2. The van der Waals surface area contributed by atoms with E-state index >= 15 is 0 Å². The summed E-state index contributed by atoms with van der Waals surface area (Å²) in [6.45, 7) is 2.66. The van der Waals surface area contributed by atoms with Gasteiger partial charge in [0.1, 0.15) is 18.1 Å². The second-order valence-electron chi connectivity index (χ2n) is 4.58. The van der Waals surface area contributed by atoms with Crippen LogP contribution >= 0.6 is 11.6 Å². The lowest BCUT2D eigenvalue weighted by Crippen LogP contribution is -2.28. The van der Waals surface area contributed by atoms with Crippen LogP contribution in [0.4, 0.5) is 0 Å². The summed E-state index contributed by atoms with van der Waals surface area (Å²) in [5.41, 5.74) is 1.26. The van der Waals surface area contributed by atoms with Crippen LogP contribution in [0.1, 0.15) is 15.9 Å². The van der Waals surface area contributed by atoms with Gasteiger partial charge < -0.3 is 15.2 Å². The number of ether oxygens (including phenoxy) is 1. The van der Waals surface area contributed by atoms with Crippen molar-refractivity contribution in [3.63, 3.8) is 0 Å². The van der Waals surface area contributed by atoms with Crippen molar-refractivity contribution in [2.45, 2.75) is 6.92 Å². The summed E-state index contributed by atoms with van der Waals surface area (Å²) in [5.74, 6) is 0.272. The summed E-state index contributed by atoms with van der Waals surface area (Å²) >= 11 is 5.80. The number of nitrogens with one attached hydrogen (secondary N) is 1. The van der Waals surface area contributed by atoms with Crippen LogP contribution in [0.5, 0.6) is 11.5 Å². The van der Waals surface area contributed by atoms with Crippen LogP contribution in [0.2, 0.25) is 5.02 Å². The first-order chi connectivity index (χ1) is 10.1. The summed E-state index contributed by atoms with van der Waals surface area (Å²) in [6, 6.07) is 12.0. The Kier molecular flexibility index (Phi) is 5.06. The molecule has 0 saturated carbocycles. The molecule has 21 heavy (non-hydrogen) atoms. The number of rotatable bonds is 5. The molecule has 0 aliphatic heterocycles. The van der Waals surface area contributed by atoms with Crippen LogP contribution in [-0.2, 0) is 0 Å². The molecule has 0 bridgehead atoms. The number of aromatic hydroxyl groups is 1. The maximum Gasteiger partial charge on any atom is 0.255 e. The Morgan fingerprint density at radius 1 is 1.29 bits per heavy atom. The smallest absolute Gasteiger partial charge is 0.255 e. The maximum atomic E-state index is 11.9. The lowest BCUT2D eigenvalue weighted by molar-refractivity contribution is 0.0944. The molecule has 2 N–H and O–H groups in total. The quantitative estimate of drug-likeness (QED) is 0.834. The highest BCUT2D eigenvalue weighted by atomic mass is 35.5. The second-order valence-corrected chi connectivity index (χ2v) is 5.02. The first kappa shape index (κ1) is 15.2. The van der Waals surface area contributed by atoms with Gasteiger partial charge in [-0.3, -0.25) is 4.79 Å². The van der Waals surface area contributed by atoms with E-state index < -0.39 is 0 Å². The molecule has 110 valence electrons. The van der Waals surface area contributed by atoms with Gasteiger partial charge in [-0.05, 0) is 42.8 Å². The average Bonchev–Trinajstić information content (AvgIpc) is 2.46. The highest BCUT2D eigenvalue weighted by molar-refractivity contribution is 6.31. The Labute approximate surface area is 128 Å². The number of amides is 1. The standard InChI is InChI=1S/C16H16ClNO3/c1-11-3-2-4-13(9-11)21-8-7-18-16(20)14-10-12(17)5-6-15(14)19/h2-6,9-10,19H,7-8H2,1H3,(H,18,20). The molecule has 0 fully saturated rings. The van der Waals surface area contributed by atoms with Gasteiger partial charge in [0.2, 0.25) is 0 Å². The van der Waals surface area contributed by atoms with E-state index in [0.29, 0.717) is 18.2 Å². The van der Waals surface area contributed by atoms with Crippen LogP contribution in [0.3, 0.4) is 0 Å². The van der Waals surface area contributed by atoms with E-state index in [0.717, 1.165) is 11.3 Å². The Hall–Kier alpha value is -2.20. The van der Waals surface area contributed by atoms with Gasteiger partial charge in [-0.2, -0.15) is 0 Å². The number of hydrogen-bond donors (Lipinski definition) is 2. The van der Waals surface area contributed by atoms with Gasteiger partial charge in [0.05, 0.1) is 12.1 Å². The molecule has 2 aromatic carbocycles. The van der Waals surface area contributed by atoms with Crippen molar-refractivity contribution < 1.29 is 14.6 Å². The highest BCUT2D eigenvalue weighted by Gasteiger charge is 2.11. The number of carbonyl (C=O) groups excluding carboxylic acids is 1. The molecular weight excluding hydrogens is 290 g/mol.